The molecule has 1 saturated heterocycles. The van der Waals surface area contributed by atoms with Crippen molar-refractivity contribution in [2.24, 2.45) is 0 Å². The number of hydrogen-bond acceptors (Lipinski definition) is 3. The van der Waals surface area contributed by atoms with Gasteiger partial charge in [-0.25, -0.2) is 0 Å². The number of carbonyl (C=O) groups excluding carboxylic acids is 2. The van der Waals surface area contributed by atoms with E-state index in [9.17, 15) is 9.59 Å². The van der Waals surface area contributed by atoms with Gasteiger partial charge in [0.2, 0.25) is 11.8 Å². The monoisotopic (exact) mass is 346 g/mol. The van der Waals surface area contributed by atoms with Crippen molar-refractivity contribution in [3.8, 4) is 0 Å². The molecule has 0 spiro atoms. The molecule has 0 aliphatic carbocycles. The molecule has 2 aliphatic rings. The first-order chi connectivity index (χ1) is 12.7. The van der Waals surface area contributed by atoms with Gasteiger partial charge >= 0.3 is 0 Å². The molecule has 1 atom stereocenters. The van der Waals surface area contributed by atoms with Crippen LogP contribution in [0.5, 0.6) is 0 Å². The van der Waals surface area contributed by atoms with Crippen LogP contribution in [0.15, 0.2) is 66.7 Å². The average molecular weight is 346 g/mol. The number of amides is 2. The van der Waals surface area contributed by atoms with Crippen molar-refractivity contribution >= 4 is 17.4 Å². The van der Waals surface area contributed by atoms with Crippen LogP contribution in [0.2, 0.25) is 0 Å². The lowest BCUT2D eigenvalue weighted by atomic mass is 9.98. The van der Waals surface area contributed by atoms with E-state index in [1.165, 1.54) is 16.0 Å². The Kier molecular flexibility index (Phi) is 4.67. The van der Waals surface area contributed by atoms with E-state index < -0.39 is 0 Å². The van der Waals surface area contributed by atoms with E-state index in [-0.39, 0.29) is 24.2 Å². The van der Waals surface area contributed by atoms with Crippen LogP contribution in [0, 0.1) is 0 Å². The molecule has 0 bridgehead atoms. The van der Waals surface area contributed by atoms with E-state index in [1.807, 2.05) is 48.5 Å². The van der Waals surface area contributed by atoms with Crippen molar-refractivity contribution in [3.05, 3.63) is 77.9 Å². The summed E-state index contributed by atoms with van der Waals surface area (Å²) in [4.78, 5) is 28.7. The van der Waals surface area contributed by atoms with E-state index in [0.717, 1.165) is 25.1 Å². The zero-order chi connectivity index (χ0) is 17.9. The Morgan fingerprint density at radius 1 is 0.923 bits per heavy atom. The molecule has 0 N–H and O–H groups in total. The summed E-state index contributed by atoms with van der Waals surface area (Å²) in [6, 6.07) is 20.0. The fourth-order valence-corrected chi connectivity index (χ4v) is 3.73. The molecule has 2 amide bonds. The smallest absolute Gasteiger partial charge is 0.238 e. The first-order valence-corrected chi connectivity index (χ1v) is 9.08. The summed E-state index contributed by atoms with van der Waals surface area (Å²) in [6.07, 6.45) is 3.42. The van der Waals surface area contributed by atoms with Crippen LogP contribution in [-0.4, -0.2) is 41.4 Å². The van der Waals surface area contributed by atoms with Gasteiger partial charge in [0.05, 0.1) is 12.6 Å². The van der Waals surface area contributed by atoms with Crippen LogP contribution in [0.4, 0.5) is 0 Å². The molecular formula is C22H22N2O2. The lowest BCUT2D eigenvalue weighted by molar-refractivity contribution is -0.141. The maximum absolute atomic E-state index is 12.7. The number of imide groups is 1. The van der Waals surface area contributed by atoms with Crippen molar-refractivity contribution in [2.75, 3.05) is 19.8 Å². The fourth-order valence-electron chi connectivity index (χ4n) is 3.73. The van der Waals surface area contributed by atoms with Crippen molar-refractivity contribution in [2.45, 2.75) is 18.8 Å². The molecule has 0 radical (unpaired) electrons. The summed E-state index contributed by atoms with van der Waals surface area (Å²) >= 11 is 0. The van der Waals surface area contributed by atoms with Crippen molar-refractivity contribution < 1.29 is 9.59 Å². The first kappa shape index (κ1) is 16.7. The summed E-state index contributed by atoms with van der Waals surface area (Å²) in [7, 11) is 0. The number of likely N-dealkylation sites (tertiary alicyclic amines) is 1. The van der Waals surface area contributed by atoms with Gasteiger partial charge in [-0.15, -0.1) is 0 Å². The highest BCUT2D eigenvalue weighted by atomic mass is 16.2. The van der Waals surface area contributed by atoms with Gasteiger partial charge in [-0.05, 0) is 23.1 Å². The highest BCUT2D eigenvalue weighted by molar-refractivity contribution is 6.06. The molecule has 0 saturated carbocycles. The molecule has 2 aliphatic heterocycles. The van der Waals surface area contributed by atoms with Gasteiger partial charge in [0.25, 0.3) is 0 Å². The number of rotatable bonds is 4. The molecular weight excluding hydrogens is 324 g/mol. The normalized spacial score (nSPS) is 21.2. The molecule has 4 heteroatoms. The van der Waals surface area contributed by atoms with Gasteiger partial charge in [-0.1, -0.05) is 66.7 Å². The number of benzene rings is 2. The Bertz CT molecular complexity index is 830. The third-order valence-electron chi connectivity index (χ3n) is 5.23. The highest BCUT2D eigenvalue weighted by Crippen LogP contribution is 2.30. The minimum atomic E-state index is -0.330. The highest BCUT2D eigenvalue weighted by Gasteiger charge is 2.40. The SMILES string of the molecule is O=C1C[C@H](c2ccccc2)C(=O)N1CN1CC=C(c2ccccc2)CC1. The fraction of sp³-hybridized carbons (Fsp3) is 0.273. The van der Waals surface area contributed by atoms with Gasteiger partial charge in [-0.3, -0.25) is 19.4 Å². The third kappa shape index (κ3) is 3.33. The molecule has 2 heterocycles. The maximum Gasteiger partial charge on any atom is 0.238 e. The molecule has 0 aromatic heterocycles. The van der Waals surface area contributed by atoms with E-state index in [0.29, 0.717) is 6.67 Å². The average Bonchev–Trinajstić information content (AvgIpc) is 2.98. The van der Waals surface area contributed by atoms with Crippen LogP contribution in [0.1, 0.15) is 29.9 Å². The van der Waals surface area contributed by atoms with E-state index in [1.54, 1.807) is 0 Å². The second kappa shape index (κ2) is 7.26. The molecule has 4 nitrogen and oxygen atoms in total. The molecule has 1 fully saturated rings. The van der Waals surface area contributed by atoms with Crippen LogP contribution in [-0.2, 0) is 9.59 Å². The molecule has 2 aromatic rings. The molecule has 4 rings (SSSR count). The van der Waals surface area contributed by atoms with Crippen LogP contribution >= 0.6 is 0 Å². The van der Waals surface area contributed by atoms with E-state index in [2.05, 4.69) is 23.1 Å². The Hall–Kier alpha value is -2.72. The van der Waals surface area contributed by atoms with Crippen LogP contribution in [0.25, 0.3) is 5.57 Å². The predicted octanol–water partition coefficient (Wildman–Crippen LogP) is 3.28. The standard InChI is InChI=1S/C22H22N2O2/c25-21-15-20(19-9-5-2-6-10-19)22(26)24(21)16-23-13-11-18(12-14-23)17-7-3-1-4-8-17/h1-11,20H,12-16H2/t20-/m1/s1. The lowest BCUT2D eigenvalue weighted by Crippen LogP contribution is -2.43. The van der Waals surface area contributed by atoms with Gasteiger partial charge in [0.1, 0.15) is 0 Å². The van der Waals surface area contributed by atoms with E-state index in [4.69, 9.17) is 0 Å². The Labute approximate surface area is 153 Å². The van der Waals surface area contributed by atoms with Crippen molar-refractivity contribution in [1.29, 1.82) is 0 Å². The quantitative estimate of drug-likeness (QED) is 0.798. The Morgan fingerprint density at radius 2 is 1.62 bits per heavy atom. The largest absolute Gasteiger partial charge is 0.282 e. The molecule has 132 valence electrons. The van der Waals surface area contributed by atoms with Crippen LogP contribution in [0.3, 0.4) is 0 Å². The number of carbonyl (C=O) groups is 2. The topological polar surface area (TPSA) is 40.6 Å². The van der Waals surface area contributed by atoms with Gasteiger partial charge in [0.15, 0.2) is 0 Å². The zero-order valence-electron chi connectivity index (χ0n) is 14.7. The second-order valence-corrected chi connectivity index (χ2v) is 6.89. The minimum absolute atomic E-state index is 0.0679. The first-order valence-electron chi connectivity index (χ1n) is 9.08. The van der Waals surface area contributed by atoms with Crippen LogP contribution < -0.4 is 0 Å². The van der Waals surface area contributed by atoms with Gasteiger partial charge in [-0.2, -0.15) is 0 Å². The van der Waals surface area contributed by atoms with Gasteiger partial charge in [0, 0.05) is 19.5 Å². The van der Waals surface area contributed by atoms with Gasteiger partial charge < -0.3 is 0 Å². The Balaban J connectivity index is 1.41. The molecule has 2 aromatic carbocycles. The second-order valence-electron chi connectivity index (χ2n) is 6.89. The van der Waals surface area contributed by atoms with E-state index >= 15 is 0 Å². The zero-order valence-corrected chi connectivity index (χ0v) is 14.7. The third-order valence-corrected chi connectivity index (χ3v) is 5.23. The van der Waals surface area contributed by atoms with Crippen molar-refractivity contribution in [3.63, 3.8) is 0 Å². The summed E-state index contributed by atoms with van der Waals surface area (Å²) < 4.78 is 0. The number of hydrogen-bond donors (Lipinski definition) is 0. The minimum Gasteiger partial charge on any atom is -0.282 e. The predicted molar refractivity (Wildman–Crippen MR) is 101 cm³/mol. The van der Waals surface area contributed by atoms with Crippen molar-refractivity contribution in [1.82, 2.24) is 9.80 Å². The molecule has 0 unspecified atom stereocenters. The Morgan fingerprint density at radius 3 is 2.27 bits per heavy atom. The summed E-state index contributed by atoms with van der Waals surface area (Å²) in [5.41, 5.74) is 3.52. The number of nitrogens with zero attached hydrogens (tertiary/aromatic N) is 2. The maximum atomic E-state index is 12.7. The summed E-state index contributed by atoms with van der Waals surface area (Å²) in [6.45, 7) is 2.00. The summed E-state index contributed by atoms with van der Waals surface area (Å²) in [5.74, 6) is -0.468. The summed E-state index contributed by atoms with van der Waals surface area (Å²) in [5, 5.41) is 0. The lowest BCUT2D eigenvalue weighted by Gasteiger charge is -2.29. The molecule has 26 heavy (non-hydrogen) atoms.